The largest absolute Gasteiger partial charge is 0.296 e. The third kappa shape index (κ3) is 20.7. The summed E-state index contributed by atoms with van der Waals surface area (Å²) in [6.45, 7) is 0. The molecule has 0 amide bonds. The van der Waals surface area contributed by atoms with E-state index in [1.165, 1.54) is 0 Å². The van der Waals surface area contributed by atoms with Crippen molar-refractivity contribution >= 4 is 23.2 Å². The molecule has 0 unspecified atom stereocenters. The highest BCUT2D eigenvalue weighted by molar-refractivity contribution is 6.51. The second kappa shape index (κ2) is 1.82. The first-order valence-electron chi connectivity index (χ1n) is 0.667. The van der Waals surface area contributed by atoms with Crippen LogP contribution in [0.5, 0.6) is 0 Å². The SMILES string of the molecule is N[C](Cl)Cl. The van der Waals surface area contributed by atoms with Gasteiger partial charge in [-0.3, -0.25) is 5.73 Å². The molecule has 3 heteroatoms. The zero-order chi connectivity index (χ0) is 3.58. The van der Waals surface area contributed by atoms with E-state index >= 15 is 0 Å². The molecule has 0 heterocycles. The normalized spacial score (nSPS) is 9.00. The zero-order valence-electron chi connectivity index (χ0n) is 1.83. The number of hydrogen-bond acceptors (Lipinski definition) is 1. The van der Waals surface area contributed by atoms with E-state index in [1.54, 1.807) is 0 Å². The van der Waals surface area contributed by atoms with E-state index in [-0.39, 0.29) is 4.96 Å². The molecule has 0 aromatic carbocycles. The lowest BCUT2D eigenvalue weighted by atomic mass is 11.5. The van der Waals surface area contributed by atoms with Crippen LogP contribution in [0.15, 0.2) is 0 Å². The van der Waals surface area contributed by atoms with E-state index in [0.29, 0.717) is 0 Å². The van der Waals surface area contributed by atoms with Gasteiger partial charge in [0.2, 0.25) is 4.96 Å². The molecule has 0 atom stereocenters. The van der Waals surface area contributed by atoms with Crippen molar-refractivity contribution in [1.29, 1.82) is 0 Å². The number of halogens is 2. The minimum Gasteiger partial charge on any atom is -0.296 e. The molecule has 0 aliphatic rings. The van der Waals surface area contributed by atoms with Crippen molar-refractivity contribution in [2.24, 2.45) is 5.73 Å². The van der Waals surface area contributed by atoms with Crippen LogP contribution in [0.4, 0.5) is 0 Å². The molecule has 0 aromatic heterocycles. The van der Waals surface area contributed by atoms with Crippen LogP contribution in [0.1, 0.15) is 0 Å². The number of nitrogens with two attached hydrogens (primary N) is 1. The van der Waals surface area contributed by atoms with Gasteiger partial charge in [-0.1, -0.05) is 23.2 Å². The molecule has 1 nitrogen and oxygen atoms in total. The molecule has 0 bridgehead atoms. The van der Waals surface area contributed by atoms with E-state index in [4.69, 9.17) is 23.2 Å². The lowest BCUT2D eigenvalue weighted by molar-refractivity contribution is 1.49. The van der Waals surface area contributed by atoms with Gasteiger partial charge in [0, 0.05) is 0 Å². The van der Waals surface area contributed by atoms with Gasteiger partial charge in [0.15, 0.2) is 0 Å². The molecular weight excluding hydrogens is 96.9 g/mol. The van der Waals surface area contributed by atoms with Crippen LogP contribution < -0.4 is 5.73 Å². The van der Waals surface area contributed by atoms with E-state index < -0.39 is 0 Å². The van der Waals surface area contributed by atoms with Gasteiger partial charge in [0.1, 0.15) is 0 Å². The smallest absolute Gasteiger partial charge is 0.212 e. The van der Waals surface area contributed by atoms with Crippen LogP contribution >= 0.6 is 23.2 Å². The monoisotopic (exact) mass is 98.0 g/mol. The summed E-state index contributed by atoms with van der Waals surface area (Å²) >= 11 is 9.47. The predicted octanol–water partition coefficient (Wildman–Crippen LogP) is 0.870. The van der Waals surface area contributed by atoms with E-state index in [1.807, 2.05) is 0 Å². The van der Waals surface area contributed by atoms with Gasteiger partial charge < -0.3 is 0 Å². The van der Waals surface area contributed by atoms with E-state index in [0.717, 1.165) is 0 Å². The number of rotatable bonds is 0. The summed E-state index contributed by atoms with van der Waals surface area (Å²) in [6, 6.07) is 0. The molecule has 0 rings (SSSR count). The van der Waals surface area contributed by atoms with Crippen LogP contribution in [0, 0.1) is 4.96 Å². The van der Waals surface area contributed by atoms with Crippen molar-refractivity contribution in [3.63, 3.8) is 0 Å². The molecule has 0 fully saturated rings. The third-order valence-electron chi connectivity index (χ3n) is 0. The molecule has 0 saturated carbocycles. The van der Waals surface area contributed by atoms with Crippen LogP contribution in [0.25, 0.3) is 0 Å². The van der Waals surface area contributed by atoms with E-state index in [2.05, 4.69) is 5.73 Å². The molecule has 0 spiro atoms. The molecule has 0 aromatic rings. The Labute approximate surface area is 34.7 Å². The van der Waals surface area contributed by atoms with Crippen molar-refractivity contribution < 1.29 is 0 Å². The van der Waals surface area contributed by atoms with Gasteiger partial charge in [-0.05, 0) is 0 Å². The maximum absolute atomic E-state index is 4.73. The molecule has 4 heavy (non-hydrogen) atoms. The fourth-order valence-corrected chi connectivity index (χ4v) is 0. The van der Waals surface area contributed by atoms with Crippen LogP contribution in [-0.2, 0) is 0 Å². The minimum atomic E-state index is -0.139. The van der Waals surface area contributed by atoms with Crippen molar-refractivity contribution in [2.45, 2.75) is 0 Å². The molecule has 2 N–H and O–H groups in total. The average Bonchev–Trinajstić information content (AvgIpc) is 0.811. The third-order valence-corrected chi connectivity index (χ3v) is 0. The first kappa shape index (κ1) is 4.54. The molecule has 1 radical (unpaired) electrons. The van der Waals surface area contributed by atoms with Gasteiger partial charge in [-0.15, -0.1) is 0 Å². The fraction of sp³-hybridized carbons (Fsp3) is 0. The Morgan fingerprint density at radius 3 is 1.50 bits per heavy atom. The Morgan fingerprint density at radius 1 is 1.50 bits per heavy atom. The minimum absolute atomic E-state index is 0.139. The topological polar surface area (TPSA) is 26.0 Å². The summed E-state index contributed by atoms with van der Waals surface area (Å²) < 4.78 is 0. The summed E-state index contributed by atoms with van der Waals surface area (Å²) in [5.41, 5.74) is 4.56. The number of hydrogen-bond donors (Lipinski definition) is 1. The summed E-state index contributed by atoms with van der Waals surface area (Å²) in [6.07, 6.45) is 0. The molecule has 25 valence electrons. The second-order valence-corrected chi connectivity index (χ2v) is 1.30. The summed E-state index contributed by atoms with van der Waals surface area (Å²) in [5, 5.41) is 0. The zero-order valence-corrected chi connectivity index (χ0v) is 3.35. The van der Waals surface area contributed by atoms with Crippen molar-refractivity contribution in [2.75, 3.05) is 0 Å². The quantitative estimate of drug-likeness (QED) is 0.448. The van der Waals surface area contributed by atoms with Gasteiger partial charge >= 0.3 is 0 Å². The van der Waals surface area contributed by atoms with Gasteiger partial charge in [-0.25, -0.2) is 0 Å². The lowest BCUT2D eigenvalue weighted by Gasteiger charge is -1.71. The van der Waals surface area contributed by atoms with E-state index in [9.17, 15) is 0 Å². The Kier molecular flexibility index (Phi) is 2.07. The Bertz CT molecular complexity index is 10.8. The maximum Gasteiger partial charge on any atom is 0.212 e. The van der Waals surface area contributed by atoms with Crippen LogP contribution in [0.3, 0.4) is 0 Å². The highest BCUT2D eigenvalue weighted by Gasteiger charge is 1.78. The van der Waals surface area contributed by atoms with Crippen molar-refractivity contribution in [3.05, 3.63) is 4.96 Å². The molecule has 0 aliphatic carbocycles. The van der Waals surface area contributed by atoms with Gasteiger partial charge in [0.25, 0.3) is 0 Å². The van der Waals surface area contributed by atoms with Crippen LogP contribution in [0.2, 0.25) is 0 Å². The first-order chi connectivity index (χ1) is 1.73. The van der Waals surface area contributed by atoms with Crippen LogP contribution in [-0.4, -0.2) is 0 Å². The lowest BCUT2D eigenvalue weighted by Crippen LogP contribution is -1.87. The predicted molar refractivity (Wildman–Crippen MR) is 19.1 cm³/mol. The van der Waals surface area contributed by atoms with Gasteiger partial charge in [0.05, 0.1) is 0 Å². The average molecular weight is 98.9 g/mol. The standard InChI is InChI=1S/CH2Cl2N/c2-1(3)4/h4H2. The Morgan fingerprint density at radius 2 is 1.50 bits per heavy atom. The fourth-order valence-electron chi connectivity index (χ4n) is 0. The highest BCUT2D eigenvalue weighted by atomic mass is 35.5. The summed E-state index contributed by atoms with van der Waals surface area (Å²) in [7, 11) is 0. The Hall–Kier alpha value is 0.540. The van der Waals surface area contributed by atoms with Gasteiger partial charge in [-0.2, -0.15) is 0 Å². The Balaban J connectivity index is 2.32. The summed E-state index contributed by atoms with van der Waals surface area (Å²) in [4.78, 5) is -0.139. The molecule has 0 aliphatic heterocycles. The second-order valence-electron chi connectivity index (χ2n) is 0.290. The summed E-state index contributed by atoms with van der Waals surface area (Å²) in [5.74, 6) is 0. The molecular formula is CH2Cl2N. The maximum atomic E-state index is 4.73. The van der Waals surface area contributed by atoms with Crippen molar-refractivity contribution in [1.82, 2.24) is 0 Å². The van der Waals surface area contributed by atoms with Crippen molar-refractivity contribution in [3.8, 4) is 0 Å². The molecule has 0 saturated heterocycles. The first-order valence-corrected chi connectivity index (χ1v) is 1.42. The highest BCUT2D eigenvalue weighted by Crippen LogP contribution is 1.97.